The zero-order chi connectivity index (χ0) is 17.0. The molecule has 0 aliphatic heterocycles. The summed E-state index contributed by atoms with van der Waals surface area (Å²) in [5.41, 5.74) is 1.30. The summed E-state index contributed by atoms with van der Waals surface area (Å²) < 4.78 is 22.4. The Kier molecular flexibility index (Phi) is 5.25. The average Bonchev–Trinajstić information content (AvgIpc) is 2.49. The van der Waals surface area contributed by atoms with Crippen LogP contribution in [-0.4, -0.2) is 26.4 Å². The zero-order valence-electron chi connectivity index (χ0n) is 12.4. The summed E-state index contributed by atoms with van der Waals surface area (Å²) in [6, 6.07) is 12.5. The molecule has 0 atom stereocenters. The van der Waals surface area contributed by atoms with Gasteiger partial charge in [0.2, 0.25) is 10.0 Å². The number of nitrogens with one attached hydrogen (secondary N) is 1. The molecule has 8 heteroatoms. The number of carbonyl (C=O) groups excluding carboxylic acids is 1. The highest BCUT2D eigenvalue weighted by Crippen LogP contribution is 2.17. The molecule has 2 aromatic rings. The van der Waals surface area contributed by atoms with Gasteiger partial charge in [-0.25, -0.2) is 18.4 Å². The highest BCUT2D eigenvalue weighted by Gasteiger charge is 2.12. The first kappa shape index (κ1) is 17.3. The first-order valence-corrected chi connectivity index (χ1v) is 8.58. The third-order valence-corrected chi connectivity index (χ3v) is 4.44. The second-order valence-corrected chi connectivity index (χ2v) is 6.92. The Hall–Kier alpha value is -2.09. The van der Waals surface area contributed by atoms with Crippen LogP contribution < -0.4 is 10.5 Å². The van der Waals surface area contributed by atoms with Crippen LogP contribution in [0.4, 0.5) is 10.5 Å². The number of sulfonamides is 1. The maximum absolute atomic E-state index is 12.1. The van der Waals surface area contributed by atoms with Gasteiger partial charge >= 0.3 is 6.03 Å². The van der Waals surface area contributed by atoms with E-state index in [2.05, 4.69) is 5.32 Å². The average molecular weight is 354 g/mol. The molecule has 0 aliphatic rings. The minimum absolute atomic E-state index is 0.0140. The molecule has 0 aromatic heterocycles. The molecule has 122 valence electrons. The minimum atomic E-state index is -3.75. The molecule has 0 spiro atoms. The van der Waals surface area contributed by atoms with Crippen molar-refractivity contribution >= 4 is 33.3 Å². The molecule has 0 unspecified atom stereocenters. The predicted octanol–water partition coefficient (Wildman–Crippen LogP) is 2.65. The van der Waals surface area contributed by atoms with E-state index in [0.717, 1.165) is 5.56 Å². The Bertz CT molecular complexity index is 807. The van der Waals surface area contributed by atoms with Gasteiger partial charge in [0.15, 0.2) is 0 Å². The summed E-state index contributed by atoms with van der Waals surface area (Å²) in [6.07, 6.45) is 0. The Balaban J connectivity index is 2.02. The van der Waals surface area contributed by atoms with E-state index >= 15 is 0 Å². The fraction of sp³-hybridized carbons (Fsp3) is 0.133. The number of rotatable bonds is 4. The first-order valence-electron chi connectivity index (χ1n) is 6.66. The Labute approximate surface area is 139 Å². The quantitative estimate of drug-likeness (QED) is 0.884. The van der Waals surface area contributed by atoms with Crippen molar-refractivity contribution in [1.82, 2.24) is 4.90 Å². The topological polar surface area (TPSA) is 92.5 Å². The van der Waals surface area contributed by atoms with Gasteiger partial charge < -0.3 is 10.2 Å². The van der Waals surface area contributed by atoms with Gasteiger partial charge in [-0.1, -0.05) is 29.8 Å². The van der Waals surface area contributed by atoms with Crippen LogP contribution in [0.15, 0.2) is 53.4 Å². The fourth-order valence-corrected chi connectivity index (χ4v) is 2.61. The number of primary sulfonamides is 1. The van der Waals surface area contributed by atoms with E-state index in [0.29, 0.717) is 17.3 Å². The number of nitrogens with zero attached hydrogens (tertiary/aromatic N) is 1. The summed E-state index contributed by atoms with van der Waals surface area (Å²) >= 11 is 6.07. The number of halogens is 1. The molecule has 2 rings (SSSR count). The molecule has 0 heterocycles. The van der Waals surface area contributed by atoms with E-state index in [1.54, 1.807) is 13.1 Å². The van der Waals surface area contributed by atoms with E-state index in [1.807, 2.05) is 18.2 Å². The number of anilines is 1. The van der Waals surface area contributed by atoms with Gasteiger partial charge in [0.25, 0.3) is 0 Å². The van der Waals surface area contributed by atoms with E-state index in [1.165, 1.54) is 29.2 Å². The third kappa shape index (κ3) is 4.69. The van der Waals surface area contributed by atoms with E-state index in [4.69, 9.17) is 16.7 Å². The van der Waals surface area contributed by atoms with Gasteiger partial charge in [0.05, 0.1) is 4.90 Å². The van der Waals surface area contributed by atoms with E-state index < -0.39 is 10.0 Å². The Morgan fingerprint density at radius 1 is 1.17 bits per heavy atom. The van der Waals surface area contributed by atoms with Crippen molar-refractivity contribution in [2.24, 2.45) is 5.14 Å². The number of nitrogens with two attached hydrogens (primary N) is 1. The fourth-order valence-electron chi connectivity index (χ4n) is 1.90. The molecule has 0 fully saturated rings. The van der Waals surface area contributed by atoms with Crippen molar-refractivity contribution in [1.29, 1.82) is 0 Å². The van der Waals surface area contributed by atoms with Gasteiger partial charge in [0, 0.05) is 24.3 Å². The molecule has 0 aliphatic carbocycles. The molecular weight excluding hydrogens is 338 g/mol. The van der Waals surface area contributed by atoms with Gasteiger partial charge in [0.1, 0.15) is 0 Å². The van der Waals surface area contributed by atoms with Crippen LogP contribution in [-0.2, 0) is 16.6 Å². The largest absolute Gasteiger partial charge is 0.323 e. The SMILES string of the molecule is CN(Cc1ccccc1Cl)C(=O)Nc1ccc(S(N)(=O)=O)cc1. The standard InChI is InChI=1S/C15H16ClN3O3S/c1-19(10-11-4-2-3-5-14(11)16)15(20)18-12-6-8-13(9-7-12)23(17,21)22/h2-9H,10H2,1H3,(H,18,20)(H2,17,21,22). The van der Waals surface area contributed by atoms with Crippen molar-refractivity contribution in [3.8, 4) is 0 Å². The molecular formula is C15H16ClN3O3S. The summed E-state index contributed by atoms with van der Waals surface area (Å²) in [6.45, 7) is 0.348. The van der Waals surface area contributed by atoms with Crippen molar-refractivity contribution in [2.75, 3.05) is 12.4 Å². The lowest BCUT2D eigenvalue weighted by Crippen LogP contribution is -2.30. The molecule has 23 heavy (non-hydrogen) atoms. The van der Waals surface area contributed by atoms with E-state index in [-0.39, 0.29) is 10.9 Å². The van der Waals surface area contributed by atoms with Crippen LogP contribution in [0.1, 0.15) is 5.56 Å². The van der Waals surface area contributed by atoms with Crippen LogP contribution in [0.3, 0.4) is 0 Å². The number of benzene rings is 2. The second-order valence-electron chi connectivity index (χ2n) is 4.95. The smallest absolute Gasteiger partial charge is 0.321 e. The molecule has 2 amide bonds. The van der Waals surface area contributed by atoms with Crippen molar-refractivity contribution in [3.05, 3.63) is 59.1 Å². The monoisotopic (exact) mass is 353 g/mol. The summed E-state index contributed by atoms with van der Waals surface area (Å²) in [4.78, 5) is 13.6. The van der Waals surface area contributed by atoms with Gasteiger partial charge in [-0.3, -0.25) is 0 Å². The van der Waals surface area contributed by atoms with Crippen molar-refractivity contribution in [3.63, 3.8) is 0 Å². The molecule has 0 radical (unpaired) electrons. The van der Waals surface area contributed by atoms with Crippen LogP contribution >= 0.6 is 11.6 Å². The molecule has 0 bridgehead atoms. The van der Waals surface area contributed by atoms with Crippen molar-refractivity contribution < 1.29 is 13.2 Å². The van der Waals surface area contributed by atoms with Gasteiger partial charge in [-0.05, 0) is 35.9 Å². The lowest BCUT2D eigenvalue weighted by Gasteiger charge is -2.18. The minimum Gasteiger partial charge on any atom is -0.323 e. The molecule has 3 N–H and O–H groups in total. The van der Waals surface area contributed by atoms with Crippen LogP contribution in [0.5, 0.6) is 0 Å². The van der Waals surface area contributed by atoms with E-state index in [9.17, 15) is 13.2 Å². The highest BCUT2D eigenvalue weighted by atomic mass is 35.5. The van der Waals surface area contributed by atoms with Gasteiger partial charge in [-0.15, -0.1) is 0 Å². The molecule has 0 saturated carbocycles. The van der Waals surface area contributed by atoms with Gasteiger partial charge in [-0.2, -0.15) is 0 Å². The lowest BCUT2D eigenvalue weighted by molar-refractivity contribution is 0.220. The predicted molar refractivity (Wildman–Crippen MR) is 89.8 cm³/mol. The van der Waals surface area contributed by atoms with Crippen LogP contribution in [0, 0.1) is 0 Å². The number of carbonyl (C=O) groups is 1. The Morgan fingerprint density at radius 3 is 2.35 bits per heavy atom. The van der Waals surface area contributed by atoms with Crippen LogP contribution in [0.25, 0.3) is 0 Å². The molecule has 6 nitrogen and oxygen atoms in total. The Morgan fingerprint density at radius 2 is 1.78 bits per heavy atom. The maximum Gasteiger partial charge on any atom is 0.321 e. The zero-order valence-corrected chi connectivity index (χ0v) is 13.9. The number of amides is 2. The summed E-state index contributed by atoms with van der Waals surface area (Å²) in [5, 5.41) is 8.28. The number of urea groups is 1. The maximum atomic E-state index is 12.1. The summed E-state index contributed by atoms with van der Waals surface area (Å²) in [5.74, 6) is 0. The molecule has 0 saturated heterocycles. The number of hydrogen-bond donors (Lipinski definition) is 2. The second kappa shape index (κ2) is 6.99. The summed E-state index contributed by atoms with van der Waals surface area (Å²) in [7, 11) is -2.11. The highest BCUT2D eigenvalue weighted by molar-refractivity contribution is 7.89. The lowest BCUT2D eigenvalue weighted by atomic mass is 10.2. The van der Waals surface area contributed by atoms with Crippen LogP contribution in [0.2, 0.25) is 5.02 Å². The number of hydrogen-bond acceptors (Lipinski definition) is 3. The first-order chi connectivity index (χ1) is 10.8. The van der Waals surface area contributed by atoms with Crippen molar-refractivity contribution in [2.45, 2.75) is 11.4 Å². The third-order valence-electron chi connectivity index (χ3n) is 3.15. The normalized spacial score (nSPS) is 11.1. The molecule has 2 aromatic carbocycles.